The van der Waals surface area contributed by atoms with Crippen molar-refractivity contribution in [3.63, 3.8) is 0 Å². The summed E-state index contributed by atoms with van der Waals surface area (Å²) in [5.74, 6) is -5.08. The first-order valence-electron chi connectivity index (χ1n) is 19.3. The van der Waals surface area contributed by atoms with Crippen molar-refractivity contribution in [1.29, 1.82) is 0 Å². The second-order valence-electron chi connectivity index (χ2n) is 16.2. The maximum Gasteiger partial charge on any atom is 0.425 e. The Bertz CT molecular complexity index is 1500. The summed E-state index contributed by atoms with van der Waals surface area (Å²) in [5, 5.41) is 13.4. The molecular weight excluding hydrogens is 718 g/mol. The molecule has 1 aromatic carbocycles. The molecule has 3 aliphatic rings. The Morgan fingerprint density at radius 1 is 1.06 bits per heavy atom. The number of hydrazine groups is 1. The first-order valence-corrected chi connectivity index (χ1v) is 19.7. The molecule has 14 heteroatoms. The van der Waals surface area contributed by atoms with Crippen molar-refractivity contribution in [3.05, 3.63) is 34.9 Å². The number of ether oxygens (including phenoxy) is 5. The van der Waals surface area contributed by atoms with Gasteiger partial charge in [0.15, 0.2) is 17.7 Å². The van der Waals surface area contributed by atoms with Crippen LogP contribution in [0.15, 0.2) is 24.3 Å². The van der Waals surface area contributed by atoms with E-state index in [1.54, 1.807) is 41.5 Å². The number of hydrogen-bond donors (Lipinski definition) is 2. The Morgan fingerprint density at radius 2 is 1.74 bits per heavy atom. The average molecular weight is 780 g/mol. The average Bonchev–Trinajstić information content (AvgIpc) is 3.38. The minimum atomic E-state index is -1.45. The summed E-state index contributed by atoms with van der Waals surface area (Å²) in [6, 6.07) is 6.41. The van der Waals surface area contributed by atoms with Crippen LogP contribution >= 0.6 is 11.6 Å². The Balaban J connectivity index is 1.71. The number of carbonyl (C=O) groups is 4. The lowest BCUT2D eigenvalue weighted by Gasteiger charge is -2.47. The number of benzene rings is 1. The van der Waals surface area contributed by atoms with Gasteiger partial charge < -0.3 is 33.7 Å². The first-order chi connectivity index (χ1) is 25.3. The Kier molecular flexibility index (Phi) is 14.8. The van der Waals surface area contributed by atoms with Gasteiger partial charge in [-0.05, 0) is 91.6 Å². The largest absolute Gasteiger partial charge is 0.458 e. The van der Waals surface area contributed by atoms with Crippen molar-refractivity contribution < 1.29 is 48.0 Å². The van der Waals surface area contributed by atoms with Gasteiger partial charge in [-0.2, -0.15) is 0 Å². The molecule has 3 fully saturated rings. The molecule has 13 nitrogen and oxygen atoms in total. The highest BCUT2D eigenvalue weighted by Crippen LogP contribution is 2.42. The predicted molar refractivity (Wildman–Crippen MR) is 202 cm³/mol. The number of cyclic esters (lactones) is 1. The number of amides is 1. The maximum atomic E-state index is 14.6. The normalized spacial score (nSPS) is 38.6. The highest BCUT2D eigenvalue weighted by molar-refractivity contribution is 6.30. The minimum Gasteiger partial charge on any atom is -0.458 e. The molecule has 0 saturated carbocycles. The molecule has 0 unspecified atom stereocenters. The number of aliphatic hydroxyl groups is 1. The van der Waals surface area contributed by atoms with Crippen molar-refractivity contribution in [2.24, 2.45) is 23.7 Å². The van der Waals surface area contributed by atoms with Crippen molar-refractivity contribution >= 4 is 35.2 Å². The van der Waals surface area contributed by atoms with Crippen molar-refractivity contribution in [1.82, 2.24) is 15.3 Å². The molecule has 13 atom stereocenters. The molecular formula is C40H62ClN3O10. The third kappa shape index (κ3) is 9.30. The molecule has 3 heterocycles. The number of aliphatic hydroxyl groups excluding tert-OH is 1. The van der Waals surface area contributed by atoms with E-state index in [0.717, 1.165) is 5.56 Å². The van der Waals surface area contributed by atoms with Crippen LogP contribution in [0, 0.1) is 23.7 Å². The van der Waals surface area contributed by atoms with E-state index in [-0.39, 0.29) is 30.8 Å². The number of fused-ring (bicyclic) bond motifs is 1. The van der Waals surface area contributed by atoms with Crippen molar-refractivity contribution in [2.75, 3.05) is 27.7 Å². The van der Waals surface area contributed by atoms with Crippen molar-refractivity contribution in [3.8, 4) is 0 Å². The fraction of sp³-hybridized carbons (Fsp3) is 0.750. The smallest absolute Gasteiger partial charge is 0.425 e. The molecule has 1 aromatic rings. The number of carbonyl (C=O) groups excluding carboxylic acids is 4. The second kappa shape index (κ2) is 18.1. The van der Waals surface area contributed by atoms with Crippen LogP contribution < -0.4 is 5.43 Å². The molecule has 4 rings (SSSR count). The van der Waals surface area contributed by atoms with Gasteiger partial charge in [-0.25, -0.2) is 15.2 Å². The summed E-state index contributed by atoms with van der Waals surface area (Å²) in [7, 11) is 5.22. The van der Waals surface area contributed by atoms with Gasteiger partial charge in [0.25, 0.3) is 0 Å². The molecule has 3 aliphatic heterocycles. The molecule has 0 aliphatic carbocycles. The summed E-state index contributed by atoms with van der Waals surface area (Å²) in [4.78, 5) is 58.3. The topological polar surface area (TPSA) is 153 Å². The SMILES string of the molecule is CC[C@H]1OC(=O)[C@H](C)C(=O)[C@H](C)[C@@H](O[C@@H]2O[C@H](C)C[C@H](N(C)C)[C@H]2O)[C@](C)(OC)C[C@@H](C)C(=O)[C@H](C)[C@H]2N(NCCCc3cccc(Cl)c3)C(=O)O[C@]12C. The summed E-state index contributed by atoms with van der Waals surface area (Å²) in [5.41, 5.74) is 1.54. The predicted octanol–water partition coefficient (Wildman–Crippen LogP) is 4.98. The highest BCUT2D eigenvalue weighted by Gasteiger charge is 2.61. The third-order valence-corrected chi connectivity index (χ3v) is 12.1. The van der Waals surface area contributed by atoms with Crippen molar-refractivity contribution in [2.45, 2.75) is 141 Å². The van der Waals surface area contributed by atoms with Crippen LogP contribution in [0.1, 0.15) is 86.6 Å². The number of methoxy groups -OCH3 is 1. The number of ketones is 2. The quantitative estimate of drug-likeness (QED) is 0.187. The number of aryl methyl sites for hydroxylation is 1. The van der Waals surface area contributed by atoms with E-state index in [0.29, 0.717) is 30.8 Å². The molecule has 2 N–H and O–H groups in total. The Morgan fingerprint density at radius 3 is 2.35 bits per heavy atom. The maximum absolute atomic E-state index is 14.6. The first kappa shape index (κ1) is 44.1. The minimum absolute atomic E-state index is 0.117. The van der Waals surface area contributed by atoms with Crippen LogP contribution in [-0.2, 0) is 44.5 Å². The van der Waals surface area contributed by atoms with Crippen LogP contribution in [-0.4, -0.2) is 120 Å². The standard InChI is InChI=1S/C40H62ClN3O10/c1-12-30-40(8)34(44(38(49)54-40)42-18-14-16-27-15-13-17-28(41)20-27)24(4)31(45)22(2)21-39(7,50-11)35(25(5)32(46)26(6)36(48)52-30)53-37-33(47)29(43(9)10)19-23(3)51-37/h13,15,17,20,22-26,29-30,33-35,37,42,47H,12,14,16,18-19,21H2,1-11H3/t22-,23-,24+,25+,26-,29+,30-,33-,34-,35-,37+,39-,40-/m1/s1. The number of halogens is 1. The van der Waals surface area contributed by atoms with Gasteiger partial charge in [-0.3, -0.25) is 14.4 Å². The van der Waals surface area contributed by atoms with E-state index < -0.39 is 83.4 Å². The van der Waals surface area contributed by atoms with Gasteiger partial charge in [0.1, 0.15) is 30.0 Å². The van der Waals surface area contributed by atoms with Crippen LogP contribution in [0.4, 0.5) is 4.79 Å². The zero-order valence-electron chi connectivity index (χ0n) is 33.8. The van der Waals surface area contributed by atoms with Gasteiger partial charge in [-0.15, -0.1) is 0 Å². The van der Waals surface area contributed by atoms with Crippen LogP contribution in [0.25, 0.3) is 0 Å². The Hall–Kier alpha value is -2.65. The van der Waals surface area contributed by atoms with E-state index in [4.69, 9.17) is 35.3 Å². The highest BCUT2D eigenvalue weighted by atomic mass is 35.5. The molecule has 304 valence electrons. The van der Waals surface area contributed by atoms with E-state index >= 15 is 0 Å². The zero-order valence-corrected chi connectivity index (χ0v) is 34.6. The zero-order chi connectivity index (χ0) is 40.3. The molecule has 0 radical (unpaired) electrons. The number of rotatable bonds is 10. The second-order valence-corrected chi connectivity index (χ2v) is 16.6. The van der Waals surface area contributed by atoms with E-state index in [2.05, 4.69) is 5.43 Å². The van der Waals surface area contributed by atoms with E-state index in [9.17, 15) is 24.3 Å². The summed E-state index contributed by atoms with van der Waals surface area (Å²) in [6.07, 6.45) is -2.88. The molecule has 54 heavy (non-hydrogen) atoms. The van der Waals surface area contributed by atoms with E-state index in [1.807, 2.05) is 50.2 Å². The van der Waals surface area contributed by atoms with Crippen LogP contribution in [0.2, 0.25) is 5.02 Å². The number of hydrogen-bond acceptors (Lipinski definition) is 12. The fourth-order valence-corrected chi connectivity index (χ4v) is 8.93. The van der Waals surface area contributed by atoms with Gasteiger partial charge in [0.2, 0.25) is 0 Å². The Labute approximate surface area is 325 Å². The molecule has 0 bridgehead atoms. The van der Waals surface area contributed by atoms with Crippen LogP contribution in [0.5, 0.6) is 0 Å². The molecule has 0 spiro atoms. The summed E-state index contributed by atoms with van der Waals surface area (Å²) in [6.45, 7) is 14.2. The lowest BCUT2D eigenvalue weighted by atomic mass is 9.73. The summed E-state index contributed by atoms with van der Waals surface area (Å²) < 4.78 is 31.0. The number of nitrogens with zero attached hydrogens (tertiary/aromatic N) is 2. The number of esters is 1. The summed E-state index contributed by atoms with van der Waals surface area (Å²) >= 11 is 6.17. The number of Topliss-reactive ketones (excluding diaryl/α,β-unsaturated/α-hetero) is 2. The molecule has 0 aromatic heterocycles. The van der Waals surface area contributed by atoms with Crippen LogP contribution in [0.3, 0.4) is 0 Å². The van der Waals surface area contributed by atoms with E-state index in [1.165, 1.54) is 19.0 Å². The van der Waals surface area contributed by atoms with Gasteiger partial charge in [0, 0.05) is 42.5 Å². The lowest BCUT2D eigenvalue weighted by molar-refractivity contribution is -0.295. The lowest BCUT2D eigenvalue weighted by Crippen LogP contribution is -2.61. The monoisotopic (exact) mass is 779 g/mol. The van der Waals surface area contributed by atoms with Gasteiger partial charge in [0.05, 0.1) is 17.8 Å². The fourth-order valence-electron chi connectivity index (χ4n) is 8.72. The van der Waals surface area contributed by atoms with Gasteiger partial charge in [-0.1, -0.05) is 51.4 Å². The molecule has 1 amide bonds. The van der Waals surface area contributed by atoms with Gasteiger partial charge >= 0.3 is 12.1 Å². The number of nitrogens with one attached hydrogen (secondary N) is 1. The number of likely N-dealkylation sites (N-methyl/N-ethyl adjacent to an activating group) is 1. The molecule has 3 saturated heterocycles. The third-order valence-electron chi connectivity index (χ3n) is 11.9.